The van der Waals surface area contributed by atoms with Gasteiger partial charge in [-0.25, -0.2) is 0 Å². The van der Waals surface area contributed by atoms with Crippen LogP contribution in [0, 0.1) is 0 Å². The molecule has 0 spiro atoms. The number of anilines is 2. The summed E-state index contributed by atoms with van der Waals surface area (Å²) < 4.78 is 0.842. The van der Waals surface area contributed by atoms with Crippen LogP contribution < -0.4 is 11.1 Å². The van der Waals surface area contributed by atoms with E-state index in [0.717, 1.165) is 21.4 Å². The summed E-state index contributed by atoms with van der Waals surface area (Å²) in [6.45, 7) is 0. The van der Waals surface area contributed by atoms with Crippen LogP contribution in [0.1, 0.15) is 5.56 Å². The van der Waals surface area contributed by atoms with E-state index in [4.69, 9.17) is 41.2 Å². The average molecular weight is 376 g/mol. The van der Waals surface area contributed by atoms with Gasteiger partial charge in [0.2, 0.25) is 0 Å². The van der Waals surface area contributed by atoms with Gasteiger partial charge in [0.05, 0.1) is 16.4 Å². The van der Waals surface area contributed by atoms with Crippen LogP contribution in [0.3, 0.4) is 0 Å². The third-order valence-electron chi connectivity index (χ3n) is 2.45. The van der Waals surface area contributed by atoms with E-state index in [1.807, 2.05) is 18.2 Å². The van der Waals surface area contributed by atoms with E-state index in [9.17, 15) is 0 Å². The minimum absolute atomic E-state index is 0.355. The van der Waals surface area contributed by atoms with E-state index in [2.05, 4.69) is 21.2 Å². The highest BCUT2D eigenvalue weighted by molar-refractivity contribution is 9.10. The van der Waals surface area contributed by atoms with Crippen molar-refractivity contribution in [3.63, 3.8) is 0 Å². The van der Waals surface area contributed by atoms with Gasteiger partial charge in [0.15, 0.2) is 0 Å². The van der Waals surface area contributed by atoms with Crippen LogP contribution in [0.4, 0.5) is 11.4 Å². The summed E-state index contributed by atoms with van der Waals surface area (Å²) in [5, 5.41) is 4.41. The lowest BCUT2D eigenvalue weighted by atomic mass is 10.2. The number of rotatable bonds is 3. The highest BCUT2D eigenvalue weighted by Gasteiger charge is 2.06. The van der Waals surface area contributed by atoms with Gasteiger partial charge in [-0.05, 0) is 52.3 Å². The molecule has 0 fully saturated rings. The van der Waals surface area contributed by atoms with Gasteiger partial charge in [-0.2, -0.15) is 0 Å². The molecule has 2 aromatic carbocycles. The Morgan fingerprint density at radius 3 is 2.47 bits per heavy atom. The molecule has 19 heavy (non-hydrogen) atoms. The summed E-state index contributed by atoms with van der Waals surface area (Å²) in [5.41, 5.74) is 7.96. The Balaban J connectivity index is 2.33. The number of halogens is 3. The van der Waals surface area contributed by atoms with E-state index in [0.29, 0.717) is 15.0 Å². The van der Waals surface area contributed by atoms with E-state index >= 15 is 0 Å². The highest BCUT2D eigenvalue weighted by Crippen LogP contribution is 2.32. The van der Waals surface area contributed by atoms with Crippen LogP contribution in [0.2, 0.25) is 10.0 Å². The first-order chi connectivity index (χ1) is 8.97. The van der Waals surface area contributed by atoms with Crippen LogP contribution in [0.25, 0.3) is 0 Å². The smallest absolute Gasteiger partial charge is 0.104 e. The van der Waals surface area contributed by atoms with Crippen molar-refractivity contribution in [2.75, 3.05) is 5.32 Å². The topological polar surface area (TPSA) is 38.0 Å². The van der Waals surface area contributed by atoms with E-state index < -0.39 is 0 Å². The summed E-state index contributed by atoms with van der Waals surface area (Å²) in [4.78, 5) is 0.355. The molecule has 2 nitrogen and oxygen atoms in total. The van der Waals surface area contributed by atoms with Gasteiger partial charge in [-0.15, -0.1) is 0 Å². The van der Waals surface area contributed by atoms with Gasteiger partial charge < -0.3 is 11.1 Å². The summed E-state index contributed by atoms with van der Waals surface area (Å²) in [5.74, 6) is 0. The molecular weight excluding hydrogens is 367 g/mol. The van der Waals surface area contributed by atoms with E-state index in [-0.39, 0.29) is 0 Å². The predicted molar refractivity (Wildman–Crippen MR) is 89.8 cm³/mol. The van der Waals surface area contributed by atoms with Crippen LogP contribution in [0.15, 0.2) is 40.9 Å². The van der Waals surface area contributed by atoms with Gasteiger partial charge in [-0.1, -0.05) is 35.4 Å². The highest BCUT2D eigenvalue weighted by atomic mass is 79.9. The van der Waals surface area contributed by atoms with Crippen molar-refractivity contribution in [1.82, 2.24) is 0 Å². The van der Waals surface area contributed by atoms with Crippen molar-refractivity contribution in [2.24, 2.45) is 5.73 Å². The molecule has 0 bridgehead atoms. The van der Waals surface area contributed by atoms with Crippen molar-refractivity contribution >= 4 is 67.7 Å². The number of hydrogen-bond donors (Lipinski definition) is 2. The van der Waals surface area contributed by atoms with Crippen molar-refractivity contribution in [2.45, 2.75) is 0 Å². The maximum atomic E-state index is 6.10. The van der Waals surface area contributed by atoms with Gasteiger partial charge in [-0.3, -0.25) is 0 Å². The fourth-order valence-corrected chi connectivity index (χ4v) is 2.45. The molecule has 0 atom stereocenters. The predicted octanol–water partition coefficient (Wildman–Crippen LogP) is 5.13. The molecule has 0 aliphatic rings. The van der Waals surface area contributed by atoms with Gasteiger partial charge >= 0.3 is 0 Å². The molecule has 0 unspecified atom stereocenters. The fourth-order valence-electron chi connectivity index (χ4n) is 1.51. The lowest BCUT2D eigenvalue weighted by Gasteiger charge is -2.11. The average Bonchev–Trinajstić information content (AvgIpc) is 2.36. The zero-order valence-electron chi connectivity index (χ0n) is 9.58. The molecule has 3 N–H and O–H groups in total. The number of benzene rings is 2. The lowest BCUT2D eigenvalue weighted by molar-refractivity contribution is 1.51. The van der Waals surface area contributed by atoms with Gasteiger partial charge in [0.1, 0.15) is 4.99 Å². The largest absolute Gasteiger partial charge is 0.389 e. The van der Waals surface area contributed by atoms with Gasteiger partial charge in [0, 0.05) is 15.1 Å². The molecule has 0 saturated heterocycles. The Hall–Kier alpha value is -0.810. The van der Waals surface area contributed by atoms with Crippen molar-refractivity contribution < 1.29 is 0 Å². The monoisotopic (exact) mass is 374 g/mol. The summed E-state index contributed by atoms with van der Waals surface area (Å²) in [6, 6.07) is 10.8. The molecule has 0 heterocycles. The Kier molecular flexibility index (Phi) is 4.68. The Bertz CT molecular complexity index is 647. The van der Waals surface area contributed by atoms with Crippen LogP contribution >= 0.6 is 51.3 Å². The first-order valence-corrected chi connectivity index (χ1v) is 7.24. The zero-order chi connectivity index (χ0) is 14.0. The number of hydrogen-bond acceptors (Lipinski definition) is 2. The number of nitrogens with two attached hydrogens (primary N) is 1. The third kappa shape index (κ3) is 3.60. The summed E-state index contributed by atoms with van der Waals surface area (Å²) >= 11 is 20.4. The first kappa shape index (κ1) is 14.6. The molecule has 0 radical (unpaired) electrons. The molecule has 0 aliphatic heterocycles. The second-order valence-corrected chi connectivity index (χ2v) is 5.95. The quantitative estimate of drug-likeness (QED) is 0.730. The minimum atomic E-state index is 0.355. The van der Waals surface area contributed by atoms with E-state index in [1.165, 1.54) is 0 Å². The molecule has 2 rings (SSSR count). The fraction of sp³-hybridized carbons (Fsp3) is 0. The standard InChI is InChI=1S/C13H9BrCl2N2S/c14-9-5-7(13(17)19)1-4-11(9)18-12-6-8(15)2-3-10(12)16/h1-6,18H,(H2,17,19). The van der Waals surface area contributed by atoms with Crippen LogP contribution in [-0.2, 0) is 0 Å². The molecule has 2 aromatic rings. The maximum Gasteiger partial charge on any atom is 0.104 e. The second kappa shape index (κ2) is 6.09. The van der Waals surface area contributed by atoms with Crippen molar-refractivity contribution in [3.05, 3.63) is 56.5 Å². The Morgan fingerprint density at radius 2 is 1.84 bits per heavy atom. The molecular formula is C13H9BrCl2N2S. The third-order valence-corrected chi connectivity index (χ3v) is 3.91. The van der Waals surface area contributed by atoms with Gasteiger partial charge in [0.25, 0.3) is 0 Å². The van der Waals surface area contributed by atoms with E-state index in [1.54, 1.807) is 18.2 Å². The van der Waals surface area contributed by atoms with Crippen LogP contribution in [-0.4, -0.2) is 4.99 Å². The second-order valence-electron chi connectivity index (χ2n) is 3.81. The van der Waals surface area contributed by atoms with Crippen molar-refractivity contribution in [1.29, 1.82) is 0 Å². The Labute approximate surface area is 135 Å². The summed E-state index contributed by atoms with van der Waals surface area (Å²) in [6.07, 6.45) is 0. The number of thiocarbonyl (C=S) groups is 1. The van der Waals surface area contributed by atoms with Crippen LogP contribution in [0.5, 0.6) is 0 Å². The first-order valence-electron chi connectivity index (χ1n) is 5.29. The SMILES string of the molecule is NC(=S)c1ccc(Nc2cc(Cl)ccc2Cl)c(Br)c1. The summed E-state index contributed by atoms with van der Waals surface area (Å²) in [7, 11) is 0. The molecule has 0 amide bonds. The molecule has 0 aliphatic carbocycles. The number of nitrogens with one attached hydrogen (secondary N) is 1. The molecule has 98 valence electrons. The minimum Gasteiger partial charge on any atom is -0.389 e. The lowest BCUT2D eigenvalue weighted by Crippen LogP contribution is -2.09. The molecule has 6 heteroatoms. The maximum absolute atomic E-state index is 6.10. The normalized spacial score (nSPS) is 10.3. The molecule has 0 saturated carbocycles. The zero-order valence-corrected chi connectivity index (χ0v) is 13.5. The van der Waals surface area contributed by atoms with Crippen molar-refractivity contribution in [3.8, 4) is 0 Å². The Morgan fingerprint density at radius 1 is 1.11 bits per heavy atom. The molecule has 0 aromatic heterocycles.